The fourth-order valence-electron chi connectivity index (χ4n) is 2.06. The quantitative estimate of drug-likeness (QED) is 0.678. The van der Waals surface area contributed by atoms with Crippen LogP contribution >= 0.6 is 31.9 Å². The molecule has 20 heavy (non-hydrogen) atoms. The van der Waals surface area contributed by atoms with Crippen molar-refractivity contribution in [3.63, 3.8) is 0 Å². The van der Waals surface area contributed by atoms with E-state index >= 15 is 0 Å². The summed E-state index contributed by atoms with van der Waals surface area (Å²) in [6, 6.07) is 5.40. The summed E-state index contributed by atoms with van der Waals surface area (Å²) in [6.45, 7) is 4.84. The summed E-state index contributed by atoms with van der Waals surface area (Å²) in [6.07, 6.45) is 2.85. The van der Waals surface area contributed by atoms with E-state index < -0.39 is 10.0 Å². The zero-order chi connectivity index (χ0) is 14.9. The Morgan fingerprint density at radius 2 is 1.95 bits per heavy atom. The van der Waals surface area contributed by atoms with Crippen molar-refractivity contribution in [1.82, 2.24) is 4.31 Å². The summed E-state index contributed by atoms with van der Waals surface area (Å²) in [5.41, 5.74) is 0. The number of benzene rings is 1. The Morgan fingerprint density at radius 1 is 1.30 bits per heavy atom. The number of sulfonamides is 1. The van der Waals surface area contributed by atoms with Crippen LogP contribution in [-0.2, 0) is 10.0 Å². The van der Waals surface area contributed by atoms with Crippen molar-refractivity contribution < 1.29 is 8.42 Å². The van der Waals surface area contributed by atoms with E-state index in [1.54, 1.807) is 22.5 Å². The molecule has 0 bridgehead atoms. The lowest BCUT2D eigenvalue weighted by Crippen LogP contribution is -2.34. The first-order valence-corrected chi connectivity index (χ1v) is 9.82. The molecule has 0 unspecified atom stereocenters. The van der Waals surface area contributed by atoms with Gasteiger partial charge in [-0.25, -0.2) is 8.42 Å². The number of nitrogens with zero attached hydrogens (tertiary/aromatic N) is 1. The van der Waals surface area contributed by atoms with Crippen molar-refractivity contribution in [2.75, 3.05) is 6.54 Å². The molecule has 0 aromatic heterocycles. The third-order valence-electron chi connectivity index (χ3n) is 3.36. The van der Waals surface area contributed by atoms with Crippen LogP contribution < -0.4 is 0 Å². The van der Waals surface area contributed by atoms with Crippen LogP contribution in [0, 0.1) is 5.92 Å². The van der Waals surface area contributed by atoms with Gasteiger partial charge in [0, 0.05) is 21.5 Å². The van der Waals surface area contributed by atoms with Gasteiger partial charge in [-0.3, -0.25) is 0 Å². The van der Waals surface area contributed by atoms with Gasteiger partial charge in [0.1, 0.15) is 0 Å². The van der Waals surface area contributed by atoms with Crippen LogP contribution in [0.3, 0.4) is 0 Å². The topological polar surface area (TPSA) is 37.4 Å². The summed E-state index contributed by atoms with van der Waals surface area (Å²) in [7, 11) is -3.42. The lowest BCUT2D eigenvalue weighted by molar-refractivity contribution is 0.373. The van der Waals surface area contributed by atoms with Gasteiger partial charge in [-0.2, -0.15) is 4.31 Å². The Morgan fingerprint density at radius 3 is 2.45 bits per heavy atom. The van der Waals surface area contributed by atoms with Gasteiger partial charge >= 0.3 is 0 Å². The van der Waals surface area contributed by atoms with Crippen LogP contribution in [0.4, 0.5) is 0 Å². The van der Waals surface area contributed by atoms with Gasteiger partial charge in [0.2, 0.25) is 10.0 Å². The third-order valence-corrected chi connectivity index (χ3v) is 6.78. The molecule has 1 saturated carbocycles. The Labute approximate surface area is 138 Å². The molecule has 1 aromatic carbocycles. The smallest absolute Gasteiger partial charge is 0.207 e. The van der Waals surface area contributed by atoms with Crippen molar-refractivity contribution in [2.24, 2.45) is 5.92 Å². The molecule has 1 aliphatic carbocycles. The maximum absolute atomic E-state index is 12.8. The molecule has 3 nitrogen and oxygen atoms in total. The van der Waals surface area contributed by atoms with Crippen LogP contribution in [0.1, 0.15) is 33.1 Å². The molecule has 0 N–H and O–H groups in total. The molecule has 0 radical (unpaired) electrons. The molecule has 1 fully saturated rings. The van der Waals surface area contributed by atoms with Crippen molar-refractivity contribution in [3.8, 4) is 0 Å². The first-order chi connectivity index (χ1) is 9.32. The molecule has 0 atom stereocenters. The maximum Gasteiger partial charge on any atom is 0.244 e. The van der Waals surface area contributed by atoms with Gasteiger partial charge in [-0.1, -0.05) is 29.8 Å². The fourth-order valence-corrected chi connectivity index (χ4v) is 5.47. The first-order valence-electron chi connectivity index (χ1n) is 6.79. The summed E-state index contributed by atoms with van der Waals surface area (Å²) in [4.78, 5) is 0.358. The molecule has 1 aliphatic rings. The predicted octanol–water partition coefficient (Wildman–Crippen LogP) is 4.41. The van der Waals surface area contributed by atoms with Gasteiger partial charge in [0.05, 0.1) is 4.90 Å². The number of hydrogen-bond acceptors (Lipinski definition) is 2. The van der Waals surface area contributed by atoms with Crippen molar-refractivity contribution in [1.29, 1.82) is 0 Å². The molecule has 0 saturated heterocycles. The molecule has 112 valence electrons. The second kappa shape index (κ2) is 6.46. The van der Waals surface area contributed by atoms with Crippen LogP contribution in [0.5, 0.6) is 0 Å². The standard InChI is InChI=1S/C14H19Br2NO2S/c1-10(2)7-8-17(12-4-5-12)20(18,19)14-6-3-11(15)9-13(14)16/h3,6,9-10,12H,4-5,7-8H2,1-2H3. The van der Waals surface area contributed by atoms with Gasteiger partial charge in [-0.05, 0) is 59.3 Å². The normalized spacial score (nSPS) is 16.1. The molecule has 0 heterocycles. The number of hydrogen-bond donors (Lipinski definition) is 0. The van der Waals surface area contributed by atoms with E-state index in [1.807, 2.05) is 0 Å². The Kier molecular flexibility index (Phi) is 5.32. The molecular formula is C14H19Br2NO2S. The van der Waals surface area contributed by atoms with E-state index in [2.05, 4.69) is 45.7 Å². The molecule has 2 rings (SSSR count). The van der Waals surface area contributed by atoms with E-state index in [9.17, 15) is 8.42 Å². The molecule has 0 spiro atoms. The van der Waals surface area contributed by atoms with E-state index in [-0.39, 0.29) is 6.04 Å². The highest BCUT2D eigenvalue weighted by Gasteiger charge is 2.38. The van der Waals surface area contributed by atoms with Crippen LogP contribution in [-0.4, -0.2) is 25.3 Å². The molecule has 1 aromatic rings. The third kappa shape index (κ3) is 3.84. The lowest BCUT2D eigenvalue weighted by Gasteiger charge is -2.23. The second-order valence-electron chi connectivity index (χ2n) is 5.60. The average molecular weight is 425 g/mol. The zero-order valence-corrected chi connectivity index (χ0v) is 15.6. The van der Waals surface area contributed by atoms with Crippen molar-refractivity contribution in [3.05, 3.63) is 27.1 Å². The number of rotatable bonds is 6. The molecule has 0 amide bonds. The van der Waals surface area contributed by atoms with Gasteiger partial charge in [0.25, 0.3) is 0 Å². The van der Waals surface area contributed by atoms with Gasteiger partial charge in [0.15, 0.2) is 0 Å². The Balaban J connectivity index is 2.30. The summed E-state index contributed by atoms with van der Waals surface area (Å²) in [5, 5.41) is 0. The maximum atomic E-state index is 12.8. The Bertz CT molecular complexity index is 583. The molecular weight excluding hydrogens is 406 g/mol. The minimum absolute atomic E-state index is 0.189. The summed E-state index contributed by atoms with van der Waals surface area (Å²) < 4.78 is 28.8. The Hall–Kier alpha value is 0.0900. The average Bonchev–Trinajstić information content (AvgIpc) is 3.12. The van der Waals surface area contributed by atoms with Crippen LogP contribution in [0.25, 0.3) is 0 Å². The predicted molar refractivity (Wildman–Crippen MR) is 88.2 cm³/mol. The fraction of sp³-hybridized carbons (Fsp3) is 0.571. The largest absolute Gasteiger partial charge is 0.244 e. The van der Waals surface area contributed by atoms with E-state index in [4.69, 9.17) is 0 Å². The minimum atomic E-state index is -3.42. The highest BCUT2D eigenvalue weighted by atomic mass is 79.9. The second-order valence-corrected chi connectivity index (χ2v) is 9.23. The highest BCUT2D eigenvalue weighted by Crippen LogP contribution is 2.35. The van der Waals surface area contributed by atoms with E-state index in [0.717, 1.165) is 23.7 Å². The van der Waals surface area contributed by atoms with Crippen molar-refractivity contribution >= 4 is 41.9 Å². The van der Waals surface area contributed by atoms with Gasteiger partial charge < -0.3 is 0 Å². The van der Waals surface area contributed by atoms with Crippen LogP contribution in [0.15, 0.2) is 32.0 Å². The number of halogens is 2. The first kappa shape index (κ1) is 16.5. The summed E-state index contributed by atoms with van der Waals surface area (Å²) in [5.74, 6) is 0.500. The monoisotopic (exact) mass is 423 g/mol. The molecule has 0 aliphatic heterocycles. The van der Waals surface area contributed by atoms with E-state index in [1.165, 1.54) is 0 Å². The lowest BCUT2D eigenvalue weighted by atomic mass is 10.1. The van der Waals surface area contributed by atoms with Crippen molar-refractivity contribution in [2.45, 2.75) is 44.0 Å². The van der Waals surface area contributed by atoms with Gasteiger partial charge in [-0.15, -0.1) is 0 Å². The van der Waals surface area contributed by atoms with E-state index in [0.29, 0.717) is 21.8 Å². The molecule has 6 heteroatoms. The summed E-state index contributed by atoms with van der Waals surface area (Å²) >= 11 is 6.72. The SMILES string of the molecule is CC(C)CCN(C1CC1)S(=O)(=O)c1ccc(Br)cc1Br. The highest BCUT2D eigenvalue weighted by molar-refractivity contribution is 9.11. The minimum Gasteiger partial charge on any atom is -0.207 e. The van der Waals surface area contributed by atoms with Crippen LogP contribution in [0.2, 0.25) is 0 Å². The zero-order valence-electron chi connectivity index (χ0n) is 11.6.